The first-order chi connectivity index (χ1) is 15.8. The van der Waals surface area contributed by atoms with Crippen LogP contribution in [-0.2, 0) is 14.8 Å². The van der Waals surface area contributed by atoms with Crippen LogP contribution in [0.15, 0.2) is 41.3 Å². The molecule has 2 heterocycles. The Morgan fingerprint density at radius 1 is 1.06 bits per heavy atom. The average Bonchev–Trinajstić information content (AvgIpc) is 3.16. The monoisotopic (exact) mass is 474 g/mol. The summed E-state index contributed by atoms with van der Waals surface area (Å²) < 4.78 is 54.1. The molecule has 1 saturated carbocycles. The quantitative estimate of drug-likeness (QED) is 0.581. The number of nitrogens with zero attached hydrogens (tertiary/aromatic N) is 2. The van der Waals surface area contributed by atoms with Gasteiger partial charge in [-0.05, 0) is 62.1 Å². The molecule has 1 aliphatic carbocycles. The molecule has 7 nitrogen and oxygen atoms in total. The molecule has 1 aromatic heterocycles. The van der Waals surface area contributed by atoms with Gasteiger partial charge in [-0.15, -0.1) is 0 Å². The molecule has 33 heavy (non-hydrogen) atoms. The summed E-state index contributed by atoms with van der Waals surface area (Å²) in [7, 11) is -4.17. The molecule has 174 valence electrons. The van der Waals surface area contributed by atoms with Gasteiger partial charge >= 0.3 is 0 Å². The summed E-state index contributed by atoms with van der Waals surface area (Å²) in [5.41, 5.74) is 2.37. The molecule has 3 aromatic rings. The summed E-state index contributed by atoms with van der Waals surface area (Å²) in [6.45, 7) is 0.113. The highest BCUT2D eigenvalue weighted by atomic mass is 32.2. The van der Waals surface area contributed by atoms with Crippen molar-refractivity contribution in [3.05, 3.63) is 53.9 Å². The van der Waals surface area contributed by atoms with E-state index in [1.165, 1.54) is 6.42 Å². The third-order valence-corrected chi connectivity index (χ3v) is 8.51. The molecule has 5 rings (SSSR count). The highest BCUT2D eigenvalue weighted by Gasteiger charge is 2.34. The van der Waals surface area contributed by atoms with E-state index in [0.29, 0.717) is 30.5 Å². The number of aromatic amines is 1. The van der Waals surface area contributed by atoms with Gasteiger partial charge in [0.2, 0.25) is 15.9 Å². The molecule has 2 N–H and O–H groups in total. The maximum Gasteiger partial charge on any atom is 0.246 e. The third-order valence-electron chi connectivity index (χ3n) is 6.60. The van der Waals surface area contributed by atoms with Crippen LogP contribution in [0, 0.1) is 17.6 Å². The zero-order chi connectivity index (χ0) is 23.2. The van der Waals surface area contributed by atoms with E-state index in [1.807, 2.05) is 12.1 Å². The van der Waals surface area contributed by atoms with Gasteiger partial charge in [0.05, 0.1) is 11.0 Å². The minimum Gasteiger partial charge on any atom is -0.342 e. The van der Waals surface area contributed by atoms with E-state index >= 15 is 0 Å². The zero-order valence-electron chi connectivity index (χ0n) is 17.9. The number of halogens is 2. The molecule has 1 saturated heterocycles. The molecular weight excluding hydrogens is 450 g/mol. The first kappa shape index (κ1) is 22.0. The van der Waals surface area contributed by atoms with E-state index < -0.39 is 26.6 Å². The van der Waals surface area contributed by atoms with Crippen LogP contribution in [0.1, 0.15) is 43.8 Å². The lowest BCUT2D eigenvalue weighted by Crippen LogP contribution is -2.41. The van der Waals surface area contributed by atoms with Crippen LogP contribution in [0.4, 0.5) is 14.5 Å². The summed E-state index contributed by atoms with van der Waals surface area (Å²) in [6, 6.07) is 7.89. The Morgan fingerprint density at radius 3 is 2.52 bits per heavy atom. The van der Waals surface area contributed by atoms with Gasteiger partial charge in [0.25, 0.3) is 0 Å². The number of anilines is 1. The minimum atomic E-state index is -4.17. The summed E-state index contributed by atoms with van der Waals surface area (Å²) >= 11 is 0. The normalized spacial score (nSPS) is 18.4. The first-order valence-electron chi connectivity index (χ1n) is 11.1. The van der Waals surface area contributed by atoms with Gasteiger partial charge in [-0.2, -0.15) is 4.31 Å². The Balaban J connectivity index is 1.23. The molecule has 0 atom stereocenters. The summed E-state index contributed by atoms with van der Waals surface area (Å²) in [4.78, 5) is 20.1. The number of carbonyl (C=O) groups is 1. The van der Waals surface area contributed by atoms with E-state index in [0.717, 1.165) is 46.1 Å². The van der Waals surface area contributed by atoms with Crippen LogP contribution in [0.3, 0.4) is 0 Å². The SMILES string of the molecule is O=C(Nc1ccc2nc(C3CCC3)[nH]c2c1)C1CCN(S(=O)(=O)c2cc(F)ccc2F)CC1. The third kappa shape index (κ3) is 4.24. The number of nitrogens with one attached hydrogen (secondary N) is 2. The number of rotatable bonds is 5. The predicted octanol–water partition coefficient (Wildman–Crippen LogP) is 4.15. The highest BCUT2D eigenvalue weighted by molar-refractivity contribution is 7.89. The van der Waals surface area contributed by atoms with Crippen molar-refractivity contribution in [2.24, 2.45) is 5.92 Å². The van der Waals surface area contributed by atoms with Gasteiger partial charge in [0.15, 0.2) is 0 Å². The highest BCUT2D eigenvalue weighted by Crippen LogP contribution is 2.35. The van der Waals surface area contributed by atoms with Crippen molar-refractivity contribution in [3.8, 4) is 0 Å². The lowest BCUT2D eigenvalue weighted by molar-refractivity contribution is -0.120. The van der Waals surface area contributed by atoms with Crippen LogP contribution >= 0.6 is 0 Å². The molecule has 0 spiro atoms. The van der Waals surface area contributed by atoms with Gasteiger partial charge in [0.1, 0.15) is 22.4 Å². The number of fused-ring (bicyclic) bond motifs is 1. The smallest absolute Gasteiger partial charge is 0.246 e. The summed E-state index contributed by atoms with van der Waals surface area (Å²) in [5, 5.41) is 2.91. The number of H-pyrrole nitrogens is 1. The Labute approximate surface area is 190 Å². The lowest BCUT2D eigenvalue weighted by atomic mass is 9.85. The van der Waals surface area contributed by atoms with Crippen molar-refractivity contribution >= 4 is 32.7 Å². The minimum absolute atomic E-state index is 0.0563. The fraction of sp³-hybridized carbons (Fsp3) is 0.391. The molecule has 10 heteroatoms. The number of hydrogen-bond donors (Lipinski definition) is 2. The largest absolute Gasteiger partial charge is 0.342 e. The fourth-order valence-electron chi connectivity index (χ4n) is 4.40. The van der Waals surface area contributed by atoms with Crippen molar-refractivity contribution in [3.63, 3.8) is 0 Å². The standard InChI is InChI=1S/C23H24F2N4O3S/c24-16-4-6-18(25)21(12-16)33(31,32)29-10-8-15(9-11-29)23(30)26-17-5-7-19-20(13-17)28-22(27-19)14-2-1-3-14/h4-7,12-15H,1-3,8-11H2,(H,26,30)(H,27,28). The van der Waals surface area contributed by atoms with E-state index in [4.69, 9.17) is 0 Å². The van der Waals surface area contributed by atoms with Gasteiger partial charge in [0, 0.05) is 30.6 Å². The Morgan fingerprint density at radius 2 is 1.82 bits per heavy atom. The molecule has 0 unspecified atom stereocenters. The van der Waals surface area contributed by atoms with Crippen molar-refractivity contribution in [1.82, 2.24) is 14.3 Å². The number of imidazole rings is 1. The zero-order valence-corrected chi connectivity index (χ0v) is 18.7. The lowest BCUT2D eigenvalue weighted by Gasteiger charge is -2.30. The second-order valence-corrected chi connectivity index (χ2v) is 10.6. The number of benzene rings is 2. The maximum atomic E-state index is 14.0. The van der Waals surface area contributed by atoms with Crippen LogP contribution < -0.4 is 5.32 Å². The van der Waals surface area contributed by atoms with Crippen molar-refractivity contribution < 1.29 is 22.0 Å². The van der Waals surface area contributed by atoms with Gasteiger partial charge in [-0.25, -0.2) is 22.2 Å². The van der Waals surface area contributed by atoms with Crippen molar-refractivity contribution in [2.75, 3.05) is 18.4 Å². The molecule has 1 amide bonds. The number of aromatic nitrogens is 2. The number of piperidine rings is 1. The van der Waals surface area contributed by atoms with E-state index in [1.54, 1.807) is 6.07 Å². The number of carbonyl (C=O) groups excluding carboxylic acids is 1. The number of hydrogen-bond acceptors (Lipinski definition) is 4. The Kier molecular flexibility index (Phi) is 5.65. The molecule has 2 aromatic carbocycles. The van der Waals surface area contributed by atoms with E-state index in [2.05, 4.69) is 15.3 Å². The number of sulfonamides is 1. The Bertz CT molecular complexity index is 1310. The molecule has 2 fully saturated rings. The fourth-order valence-corrected chi connectivity index (χ4v) is 5.94. The molecule has 2 aliphatic rings. The predicted molar refractivity (Wildman–Crippen MR) is 119 cm³/mol. The second-order valence-electron chi connectivity index (χ2n) is 8.72. The summed E-state index contributed by atoms with van der Waals surface area (Å²) in [5.74, 6) is -0.913. The first-order valence-corrected chi connectivity index (χ1v) is 12.5. The van der Waals surface area contributed by atoms with Gasteiger partial charge < -0.3 is 10.3 Å². The Hall–Kier alpha value is -2.85. The van der Waals surface area contributed by atoms with Gasteiger partial charge in [-0.3, -0.25) is 4.79 Å². The van der Waals surface area contributed by atoms with Crippen LogP contribution in [0.2, 0.25) is 0 Å². The van der Waals surface area contributed by atoms with Crippen molar-refractivity contribution in [2.45, 2.75) is 42.9 Å². The van der Waals surface area contributed by atoms with Crippen LogP contribution in [-0.4, -0.2) is 41.7 Å². The second kappa shape index (κ2) is 8.49. The van der Waals surface area contributed by atoms with E-state index in [9.17, 15) is 22.0 Å². The maximum absolute atomic E-state index is 14.0. The van der Waals surface area contributed by atoms with Crippen LogP contribution in [0.25, 0.3) is 11.0 Å². The van der Waals surface area contributed by atoms with Crippen LogP contribution in [0.5, 0.6) is 0 Å². The van der Waals surface area contributed by atoms with Crippen molar-refractivity contribution in [1.29, 1.82) is 0 Å². The molecule has 0 bridgehead atoms. The summed E-state index contributed by atoms with van der Waals surface area (Å²) in [6.07, 6.45) is 4.09. The molecule has 1 aliphatic heterocycles. The number of amides is 1. The molecular formula is C23H24F2N4O3S. The average molecular weight is 475 g/mol. The van der Waals surface area contributed by atoms with E-state index in [-0.39, 0.29) is 24.9 Å². The molecule has 0 radical (unpaired) electrons. The topological polar surface area (TPSA) is 95.2 Å². The van der Waals surface area contributed by atoms with Gasteiger partial charge in [-0.1, -0.05) is 6.42 Å².